The van der Waals surface area contributed by atoms with Crippen molar-refractivity contribution in [2.45, 2.75) is 12.3 Å². The minimum absolute atomic E-state index is 0.103. The van der Waals surface area contributed by atoms with Gasteiger partial charge in [-0.3, -0.25) is 4.79 Å². The molecule has 0 aliphatic rings. The summed E-state index contributed by atoms with van der Waals surface area (Å²) in [7, 11) is 0. The fraction of sp³-hybridized carbons (Fsp3) is 0.286. The van der Waals surface area contributed by atoms with E-state index in [4.69, 9.17) is 11.6 Å². The fourth-order valence-electron chi connectivity index (χ4n) is 0.904. The molecular formula is C7H5ClF3NO. The maximum absolute atomic E-state index is 12.8. The number of aromatic nitrogens is 1. The summed E-state index contributed by atoms with van der Waals surface area (Å²) in [6, 6.07) is 0. The Labute approximate surface area is 76.3 Å². The third-order valence-electron chi connectivity index (χ3n) is 1.52. The number of alkyl halides is 3. The van der Waals surface area contributed by atoms with Gasteiger partial charge in [0, 0.05) is 12.1 Å². The average Bonchev–Trinajstić information content (AvgIpc) is 2.08. The van der Waals surface area contributed by atoms with Crippen LogP contribution in [0.5, 0.6) is 0 Å². The van der Waals surface area contributed by atoms with Crippen LogP contribution in [-0.4, -0.2) is 4.98 Å². The molecule has 72 valence electrons. The fourth-order valence-corrected chi connectivity index (χ4v) is 1.12. The Morgan fingerprint density at radius 2 is 2.15 bits per heavy atom. The predicted octanol–water partition coefficient (Wildman–Crippen LogP) is 2.19. The van der Waals surface area contributed by atoms with Crippen LogP contribution in [0.3, 0.4) is 0 Å². The molecule has 0 fully saturated rings. The van der Waals surface area contributed by atoms with Gasteiger partial charge in [0.25, 0.3) is 12.0 Å². The summed E-state index contributed by atoms with van der Waals surface area (Å²) in [5, 5.41) is 0. The van der Waals surface area contributed by atoms with Gasteiger partial charge in [-0.25, -0.2) is 13.2 Å². The first-order valence-corrected chi connectivity index (χ1v) is 3.85. The van der Waals surface area contributed by atoms with Gasteiger partial charge in [0.15, 0.2) is 5.82 Å². The van der Waals surface area contributed by atoms with Gasteiger partial charge < -0.3 is 4.98 Å². The summed E-state index contributed by atoms with van der Waals surface area (Å²) < 4.78 is 37.2. The number of rotatable bonds is 2. The molecule has 1 aromatic heterocycles. The lowest BCUT2D eigenvalue weighted by molar-refractivity contribution is 0.145. The molecule has 0 unspecified atom stereocenters. The summed E-state index contributed by atoms with van der Waals surface area (Å²) in [4.78, 5) is 12.6. The van der Waals surface area contributed by atoms with Gasteiger partial charge >= 0.3 is 0 Å². The Morgan fingerprint density at radius 1 is 1.54 bits per heavy atom. The topological polar surface area (TPSA) is 32.9 Å². The van der Waals surface area contributed by atoms with E-state index in [0.717, 1.165) is 6.20 Å². The van der Waals surface area contributed by atoms with E-state index >= 15 is 0 Å². The van der Waals surface area contributed by atoms with E-state index in [2.05, 4.69) is 0 Å². The number of H-pyrrole nitrogens is 1. The standard InChI is InChI=1S/C7H5ClF3NO/c8-1-3-2-12-7(13)5(9)4(3)6(10)11/h2,6H,1H2,(H,12,13). The molecule has 1 heterocycles. The lowest BCUT2D eigenvalue weighted by Gasteiger charge is -2.05. The zero-order valence-corrected chi connectivity index (χ0v) is 7.04. The number of hydrogen-bond donors (Lipinski definition) is 1. The maximum atomic E-state index is 12.8. The van der Waals surface area contributed by atoms with E-state index in [0.29, 0.717) is 0 Å². The van der Waals surface area contributed by atoms with Crippen LogP contribution in [0.1, 0.15) is 17.6 Å². The van der Waals surface area contributed by atoms with Crippen LogP contribution in [-0.2, 0) is 5.88 Å². The molecule has 13 heavy (non-hydrogen) atoms. The van der Waals surface area contributed by atoms with E-state index in [9.17, 15) is 18.0 Å². The normalized spacial score (nSPS) is 10.8. The summed E-state index contributed by atoms with van der Waals surface area (Å²) in [6.07, 6.45) is -2.05. The van der Waals surface area contributed by atoms with Crippen LogP contribution in [0, 0.1) is 5.82 Å². The van der Waals surface area contributed by atoms with Crippen molar-refractivity contribution in [3.8, 4) is 0 Å². The molecule has 1 N–H and O–H groups in total. The molecule has 0 aliphatic heterocycles. The first-order chi connectivity index (χ1) is 6.07. The summed E-state index contributed by atoms with van der Waals surface area (Å²) in [5.41, 5.74) is -2.18. The maximum Gasteiger partial charge on any atom is 0.284 e. The third-order valence-corrected chi connectivity index (χ3v) is 1.81. The quantitative estimate of drug-likeness (QED) is 0.748. The molecule has 2 nitrogen and oxygen atoms in total. The van der Waals surface area contributed by atoms with Crippen molar-refractivity contribution in [1.82, 2.24) is 4.98 Å². The van der Waals surface area contributed by atoms with Crippen LogP contribution in [0.2, 0.25) is 0 Å². The molecule has 0 amide bonds. The number of aromatic amines is 1. The molecule has 1 rings (SSSR count). The minimum atomic E-state index is -3.03. The molecule has 0 atom stereocenters. The van der Waals surface area contributed by atoms with E-state index in [-0.39, 0.29) is 11.4 Å². The van der Waals surface area contributed by atoms with Crippen LogP contribution in [0.15, 0.2) is 11.0 Å². The Bertz CT molecular complexity index is 363. The second-order valence-corrected chi connectivity index (χ2v) is 2.57. The molecule has 6 heteroatoms. The lowest BCUT2D eigenvalue weighted by atomic mass is 10.1. The van der Waals surface area contributed by atoms with Crippen molar-refractivity contribution in [1.29, 1.82) is 0 Å². The molecule has 0 aromatic carbocycles. The van der Waals surface area contributed by atoms with Gasteiger partial charge in [0.1, 0.15) is 0 Å². The Morgan fingerprint density at radius 3 is 2.62 bits per heavy atom. The number of hydrogen-bond acceptors (Lipinski definition) is 1. The number of halogens is 4. The van der Waals surface area contributed by atoms with Crippen LogP contribution in [0.4, 0.5) is 13.2 Å². The largest absolute Gasteiger partial charge is 0.326 e. The zero-order valence-electron chi connectivity index (χ0n) is 6.28. The molecule has 0 saturated heterocycles. The van der Waals surface area contributed by atoms with E-state index in [1.165, 1.54) is 0 Å². The Balaban J connectivity index is 3.41. The van der Waals surface area contributed by atoms with Gasteiger partial charge in [-0.15, -0.1) is 11.6 Å². The minimum Gasteiger partial charge on any atom is -0.326 e. The average molecular weight is 212 g/mol. The molecule has 0 saturated carbocycles. The Kier molecular flexibility index (Phi) is 2.98. The highest BCUT2D eigenvalue weighted by atomic mass is 35.5. The second kappa shape index (κ2) is 3.83. The first-order valence-electron chi connectivity index (χ1n) is 3.32. The number of pyridine rings is 1. The summed E-state index contributed by atoms with van der Waals surface area (Å²) in [5.74, 6) is -1.74. The monoisotopic (exact) mass is 211 g/mol. The van der Waals surface area contributed by atoms with E-state index in [1.807, 2.05) is 4.98 Å². The molecule has 0 aliphatic carbocycles. The van der Waals surface area contributed by atoms with Gasteiger partial charge in [-0.05, 0) is 5.56 Å². The first kappa shape index (κ1) is 10.1. The van der Waals surface area contributed by atoms with Crippen LogP contribution < -0.4 is 5.56 Å². The predicted molar refractivity (Wildman–Crippen MR) is 41.5 cm³/mol. The van der Waals surface area contributed by atoms with Crippen molar-refractivity contribution >= 4 is 11.6 Å². The second-order valence-electron chi connectivity index (χ2n) is 2.31. The third kappa shape index (κ3) is 1.85. The molecule has 0 spiro atoms. The molecule has 0 radical (unpaired) electrons. The SMILES string of the molecule is O=c1[nH]cc(CCl)c(C(F)F)c1F. The van der Waals surface area contributed by atoms with Gasteiger partial charge in [-0.1, -0.05) is 0 Å². The smallest absolute Gasteiger partial charge is 0.284 e. The van der Waals surface area contributed by atoms with E-state index < -0.39 is 23.4 Å². The number of nitrogens with one attached hydrogen (secondary N) is 1. The van der Waals surface area contributed by atoms with Crippen molar-refractivity contribution in [3.05, 3.63) is 33.5 Å². The molecule has 0 bridgehead atoms. The van der Waals surface area contributed by atoms with E-state index in [1.54, 1.807) is 0 Å². The zero-order chi connectivity index (χ0) is 10.0. The summed E-state index contributed by atoms with van der Waals surface area (Å²) in [6.45, 7) is 0. The highest BCUT2D eigenvalue weighted by molar-refractivity contribution is 6.17. The molecular weight excluding hydrogens is 207 g/mol. The van der Waals surface area contributed by atoms with Crippen molar-refractivity contribution in [2.24, 2.45) is 0 Å². The van der Waals surface area contributed by atoms with Crippen LogP contribution >= 0.6 is 11.6 Å². The summed E-state index contributed by atoms with van der Waals surface area (Å²) >= 11 is 5.28. The van der Waals surface area contributed by atoms with Crippen molar-refractivity contribution < 1.29 is 13.2 Å². The van der Waals surface area contributed by atoms with Crippen molar-refractivity contribution in [3.63, 3.8) is 0 Å². The highest BCUT2D eigenvalue weighted by Crippen LogP contribution is 2.24. The van der Waals surface area contributed by atoms with Gasteiger partial charge in [0.05, 0.1) is 5.56 Å². The molecule has 1 aromatic rings. The van der Waals surface area contributed by atoms with Gasteiger partial charge in [-0.2, -0.15) is 0 Å². The van der Waals surface area contributed by atoms with Crippen molar-refractivity contribution in [2.75, 3.05) is 0 Å². The Hall–Kier alpha value is -0.970. The highest BCUT2D eigenvalue weighted by Gasteiger charge is 2.20. The van der Waals surface area contributed by atoms with Crippen LogP contribution in [0.25, 0.3) is 0 Å². The lowest BCUT2D eigenvalue weighted by Crippen LogP contribution is -2.15. The van der Waals surface area contributed by atoms with Gasteiger partial charge in [0.2, 0.25) is 0 Å².